The molecule has 1 aromatic heterocycles. The van der Waals surface area contributed by atoms with Gasteiger partial charge in [0.05, 0.1) is 11.6 Å². The van der Waals surface area contributed by atoms with Crippen LogP contribution < -0.4 is 10.6 Å². The van der Waals surface area contributed by atoms with Crippen LogP contribution in [0.1, 0.15) is 31.0 Å². The average molecular weight is 474 g/mol. The molecule has 0 amide bonds. The van der Waals surface area contributed by atoms with Crippen LogP contribution in [0.15, 0.2) is 71.9 Å². The van der Waals surface area contributed by atoms with Crippen molar-refractivity contribution in [2.24, 2.45) is 4.99 Å². The van der Waals surface area contributed by atoms with Crippen LogP contribution in [0.25, 0.3) is 10.9 Å². The zero-order valence-electron chi connectivity index (χ0n) is 15.9. The second-order valence-electron chi connectivity index (χ2n) is 6.28. The minimum Gasteiger partial charge on any atom is -0.357 e. The highest BCUT2D eigenvalue weighted by molar-refractivity contribution is 14.0. The second kappa shape index (κ2) is 10.9. The van der Waals surface area contributed by atoms with E-state index in [2.05, 4.69) is 78.0 Å². The zero-order chi connectivity index (χ0) is 18.2. The summed E-state index contributed by atoms with van der Waals surface area (Å²) in [6.07, 6.45) is 2.72. The maximum Gasteiger partial charge on any atom is 0.191 e. The van der Waals surface area contributed by atoms with Gasteiger partial charge in [0, 0.05) is 24.7 Å². The molecule has 2 N–H and O–H groups in total. The van der Waals surface area contributed by atoms with Gasteiger partial charge in [0.1, 0.15) is 0 Å². The molecule has 1 atom stereocenters. The second-order valence-corrected chi connectivity index (χ2v) is 6.28. The molecule has 4 nitrogen and oxygen atoms in total. The van der Waals surface area contributed by atoms with Gasteiger partial charge in [0.15, 0.2) is 5.96 Å². The van der Waals surface area contributed by atoms with Crippen LogP contribution in [-0.4, -0.2) is 24.0 Å². The fourth-order valence-corrected chi connectivity index (χ4v) is 3.01. The van der Waals surface area contributed by atoms with E-state index in [1.807, 2.05) is 18.3 Å². The Bertz CT molecular complexity index is 859. The Morgan fingerprint density at radius 3 is 2.59 bits per heavy atom. The minimum absolute atomic E-state index is 0. The highest BCUT2D eigenvalue weighted by atomic mass is 127. The molecule has 3 aromatic rings. The first-order chi connectivity index (χ1) is 12.8. The first-order valence-electron chi connectivity index (χ1n) is 9.20. The standard InChI is InChI=1S/C22H26N4.HI/c1-3-23-22(26-17(2)18-9-5-4-6-10-18)25-16-14-20-12-7-11-19-13-8-15-24-21(19)20;/h4-13,15,17H,3,14,16H2,1-2H3,(H2,23,25,26);1H. The number of aliphatic imine (C=N–C) groups is 1. The van der Waals surface area contributed by atoms with Gasteiger partial charge in [-0.1, -0.05) is 54.6 Å². The highest BCUT2D eigenvalue weighted by Gasteiger charge is 2.07. The van der Waals surface area contributed by atoms with Crippen LogP contribution in [0.4, 0.5) is 0 Å². The molecule has 0 bridgehead atoms. The number of halogens is 1. The highest BCUT2D eigenvalue weighted by Crippen LogP contribution is 2.16. The summed E-state index contributed by atoms with van der Waals surface area (Å²) in [6, 6.07) is 21.0. The molecular formula is C22H27IN4. The third kappa shape index (κ3) is 5.92. The molecule has 2 aromatic carbocycles. The van der Waals surface area contributed by atoms with Gasteiger partial charge in [-0.15, -0.1) is 24.0 Å². The molecular weight excluding hydrogens is 447 g/mol. The number of fused-ring (bicyclic) bond motifs is 1. The SMILES string of the molecule is CCNC(=NCCc1cccc2cccnc12)NC(C)c1ccccc1.I. The molecule has 0 radical (unpaired) electrons. The van der Waals surface area contributed by atoms with Crippen molar-refractivity contribution in [2.45, 2.75) is 26.3 Å². The summed E-state index contributed by atoms with van der Waals surface area (Å²) in [5, 5.41) is 7.99. The van der Waals surface area contributed by atoms with Crippen molar-refractivity contribution in [3.8, 4) is 0 Å². The van der Waals surface area contributed by atoms with Gasteiger partial charge in [0.2, 0.25) is 0 Å². The van der Waals surface area contributed by atoms with E-state index in [4.69, 9.17) is 4.99 Å². The number of nitrogens with one attached hydrogen (secondary N) is 2. The topological polar surface area (TPSA) is 49.3 Å². The normalized spacial score (nSPS) is 12.3. The Labute approximate surface area is 178 Å². The lowest BCUT2D eigenvalue weighted by atomic mass is 10.1. The summed E-state index contributed by atoms with van der Waals surface area (Å²) in [6.45, 7) is 5.78. The van der Waals surface area contributed by atoms with Gasteiger partial charge < -0.3 is 10.6 Å². The van der Waals surface area contributed by atoms with E-state index >= 15 is 0 Å². The van der Waals surface area contributed by atoms with E-state index in [1.165, 1.54) is 16.5 Å². The molecule has 0 saturated carbocycles. The van der Waals surface area contributed by atoms with E-state index in [9.17, 15) is 0 Å². The van der Waals surface area contributed by atoms with Crippen LogP contribution in [0.5, 0.6) is 0 Å². The molecule has 0 aliphatic heterocycles. The summed E-state index contributed by atoms with van der Waals surface area (Å²) in [5.74, 6) is 0.844. The lowest BCUT2D eigenvalue weighted by molar-refractivity contribution is 0.686. The van der Waals surface area contributed by atoms with Gasteiger partial charge in [-0.2, -0.15) is 0 Å². The van der Waals surface area contributed by atoms with Crippen LogP contribution in [0, 0.1) is 0 Å². The van der Waals surface area contributed by atoms with Crippen molar-refractivity contribution >= 4 is 40.8 Å². The van der Waals surface area contributed by atoms with Crippen molar-refractivity contribution in [3.63, 3.8) is 0 Å². The van der Waals surface area contributed by atoms with Gasteiger partial charge >= 0.3 is 0 Å². The molecule has 0 aliphatic carbocycles. The van der Waals surface area contributed by atoms with Crippen LogP contribution in [0.3, 0.4) is 0 Å². The fraction of sp³-hybridized carbons (Fsp3) is 0.273. The van der Waals surface area contributed by atoms with E-state index in [0.29, 0.717) is 6.54 Å². The summed E-state index contributed by atoms with van der Waals surface area (Å²) in [7, 11) is 0. The van der Waals surface area contributed by atoms with E-state index < -0.39 is 0 Å². The molecule has 0 saturated heterocycles. The molecule has 0 aliphatic rings. The molecule has 0 spiro atoms. The number of hydrogen-bond donors (Lipinski definition) is 2. The van der Waals surface area contributed by atoms with Gasteiger partial charge in [-0.3, -0.25) is 9.98 Å². The number of nitrogens with zero attached hydrogens (tertiary/aromatic N) is 2. The predicted octanol–water partition coefficient (Wildman–Crippen LogP) is 4.71. The summed E-state index contributed by atoms with van der Waals surface area (Å²) in [4.78, 5) is 9.27. The molecule has 27 heavy (non-hydrogen) atoms. The summed E-state index contributed by atoms with van der Waals surface area (Å²) < 4.78 is 0. The van der Waals surface area contributed by atoms with E-state index in [1.54, 1.807) is 0 Å². The van der Waals surface area contributed by atoms with Crippen LogP contribution in [-0.2, 0) is 6.42 Å². The minimum atomic E-state index is 0. The van der Waals surface area contributed by atoms with Crippen molar-refractivity contribution in [1.29, 1.82) is 0 Å². The van der Waals surface area contributed by atoms with Crippen molar-refractivity contribution in [2.75, 3.05) is 13.1 Å². The van der Waals surface area contributed by atoms with Crippen LogP contribution in [0.2, 0.25) is 0 Å². The number of aromatic nitrogens is 1. The maximum absolute atomic E-state index is 4.75. The number of pyridine rings is 1. The van der Waals surface area contributed by atoms with Gasteiger partial charge in [0.25, 0.3) is 0 Å². The fourth-order valence-electron chi connectivity index (χ4n) is 3.01. The Hall–Kier alpha value is -2.15. The van der Waals surface area contributed by atoms with Crippen molar-refractivity contribution in [1.82, 2.24) is 15.6 Å². The Kier molecular flexibility index (Phi) is 8.51. The number of rotatable bonds is 6. The molecule has 142 valence electrons. The lowest BCUT2D eigenvalue weighted by Crippen LogP contribution is -2.38. The predicted molar refractivity (Wildman–Crippen MR) is 125 cm³/mol. The van der Waals surface area contributed by atoms with Gasteiger partial charge in [-0.05, 0) is 37.5 Å². The number of guanidine groups is 1. The average Bonchev–Trinajstić information content (AvgIpc) is 2.69. The van der Waals surface area contributed by atoms with Crippen molar-refractivity contribution < 1.29 is 0 Å². The Balaban J connectivity index is 0.00000261. The monoisotopic (exact) mass is 474 g/mol. The van der Waals surface area contributed by atoms with E-state index in [-0.39, 0.29) is 30.0 Å². The first-order valence-corrected chi connectivity index (χ1v) is 9.20. The Morgan fingerprint density at radius 2 is 1.81 bits per heavy atom. The molecule has 1 heterocycles. The zero-order valence-corrected chi connectivity index (χ0v) is 18.2. The third-order valence-corrected chi connectivity index (χ3v) is 4.36. The maximum atomic E-state index is 4.75. The Morgan fingerprint density at radius 1 is 1.04 bits per heavy atom. The first kappa shape index (κ1) is 21.2. The smallest absolute Gasteiger partial charge is 0.191 e. The third-order valence-electron chi connectivity index (χ3n) is 4.36. The number of hydrogen-bond acceptors (Lipinski definition) is 2. The quantitative estimate of drug-likeness (QED) is 0.309. The molecule has 0 fully saturated rings. The molecule has 3 rings (SSSR count). The number of benzene rings is 2. The largest absolute Gasteiger partial charge is 0.357 e. The molecule has 1 unspecified atom stereocenters. The summed E-state index contributed by atoms with van der Waals surface area (Å²) >= 11 is 0. The molecule has 5 heteroatoms. The summed E-state index contributed by atoms with van der Waals surface area (Å²) in [5.41, 5.74) is 3.55. The van der Waals surface area contributed by atoms with Crippen LogP contribution >= 0.6 is 24.0 Å². The van der Waals surface area contributed by atoms with Crippen molar-refractivity contribution in [3.05, 3.63) is 78.0 Å². The van der Waals surface area contributed by atoms with E-state index in [0.717, 1.165) is 24.4 Å². The number of para-hydroxylation sites is 1. The van der Waals surface area contributed by atoms with Gasteiger partial charge in [-0.25, -0.2) is 0 Å². The lowest BCUT2D eigenvalue weighted by Gasteiger charge is -2.18.